The molecule has 4 aromatic carbocycles. The number of hydrogen-bond donors (Lipinski definition) is 2. The summed E-state index contributed by atoms with van der Waals surface area (Å²) >= 11 is 0. The molecule has 0 heterocycles. The van der Waals surface area contributed by atoms with Gasteiger partial charge in [0, 0.05) is 12.1 Å². The zero-order valence-electron chi connectivity index (χ0n) is 21.1. The number of rotatable bonds is 10. The second-order valence-corrected chi connectivity index (χ2v) is 10.9. The van der Waals surface area contributed by atoms with Crippen LogP contribution in [0.5, 0.6) is 0 Å². The molecule has 0 spiro atoms. The molecule has 2 atom stereocenters. The highest BCUT2D eigenvalue weighted by Gasteiger charge is 2.27. The van der Waals surface area contributed by atoms with Gasteiger partial charge in [0.2, 0.25) is 9.84 Å². The minimum absolute atomic E-state index is 0. The fourth-order valence-electron chi connectivity index (χ4n) is 4.28. The zero-order chi connectivity index (χ0) is 26.1. The first-order chi connectivity index (χ1) is 17.9. The smallest absolute Gasteiger partial charge is 0.207 e. The molecule has 0 aliphatic heterocycles. The molecular weight excluding hydrogens is 512 g/mol. The molecule has 0 aliphatic carbocycles. The lowest BCUT2D eigenvalue weighted by molar-refractivity contribution is 0.614. The van der Waals surface area contributed by atoms with Gasteiger partial charge in [-0.3, -0.25) is 0 Å². The highest BCUT2D eigenvalue weighted by molar-refractivity contribution is 8.09. The normalized spacial score (nSPS) is 13.8. The zero-order valence-corrected chi connectivity index (χ0v) is 22.7. The lowest BCUT2D eigenvalue weighted by atomic mass is 10.0. The highest BCUT2D eigenvalue weighted by atomic mass is 35.5. The van der Waals surface area contributed by atoms with Gasteiger partial charge >= 0.3 is 0 Å². The Morgan fingerprint density at radius 2 is 0.842 bits per heavy atom. The molecule has 0 amide bonds. The Hall–Kier alpha value is -3.48. The Bertz CT molecular complexity index is 1330. The van der Waals surface area contributed by atoms with Crippen LogP contribution < -0.4 is 11.5 Å². The van der Waals surface area contributed by atoms with E-state index in [1.807, 2.05) is 97.1 Å². The molecule has 0 radical (unpaired) electrons. The molecule has 4 nitrogen and oxygen atoms in total. The van der Waals surface area contributed by atoms with Gasteiger partial charge in [-0.2, -0.15) is 0 Å². The average Bonchev–Trinajstić information content (AvgIpc) is 2.92. The van der Waals surface area contributed by atoms with E-state index in [0.29, 0.717) is 24.0 Å². The van der Waals surface area contributed by atoms with Crippen molar-refractivity contribution >= 4 is 32.1 Å². The summed E-state index contributed by atoms with van der Waals surface area (Å²) in [4.78, 5) is 0.358. The first-order valence-electron chi connectivity index (χ1n) is 12.3. The van der Waals surface area contributed by atoms with Crippen molar-refractivity contribution in [3.63, 3.8) is 0 Å². The van der Waals surface area contributed by atoms with Crippen LogP contribution in [0.2, 0.25) is 0 Å². The molecule has 0 bridgehead atoms. The van der Waals surface area contributed by atoms with Gasteiger partial charge < -0.3 is 11.5 Å². The minimum atomic E-state index is -3.98. The van der Waals surface area contributed by atoms with E-state index in [4.69, 9.17) is 11.5 Å². The lowest BCUT2D eigenvalue weighted by Crippen LogP contribution is -2.23. The molecule has 0 aliphatic rings. The van der Waals surface area contributed by atoms with Crippen molar-refractivity contribution in [3.8, 4) is 0 Å². The summed E-state index contributed by atoms with van der Waals surface area (Å²) in [6.45, 7) is 0. The maximum absolute atomic E-state index is 14.4. The molecule has 196 valence electrons. The van der Waals surface area contributed by atoms with Gasteiger partial charge in [-0.25, -0.2) is 8.42 Å². The van der Waals surface area contributed by atoms with Crippen LogP contribution >= 0.6 is 12.4 Å². The Morgan fingerprint density at radius 1 is 0.553 bits per heavy atom. The van der Waals surface area contributed by atoms with Gasteiger partial charge in [-0.05, 0) is 47.2 Å². The van der Waals surface area contributed by atoms with E-state index < -0.39 is 21.9 Å². The maximum atomic E-state index is 14.4. The van der Waals surface area contributed by atoms with Gasteiger partial charge in [0.05, 0.1) is 9.81 Å². The third-order valence-electron chi connectivity index (χ3n) is 6.06. The molecule has 4 rings (SSSR count). The number of hydrogen-bond acceptors (Lipinski definition) is 4. The largest absolute Gasteiger partial charge is 0.324 e. The molecule has 0 aromatic heterocycles. The predicted molar refractivity (Wildman–Crippen MR) is 161 cm³/mol. The van der Waals surface area contributed by atoms with Crippen molar-refractivity contribution in [2.75, 3.05) is 0 Å². The lowest BCUT2D eigenvalue weighted by Gasteiger charge is -2.18. The van der Waals surface area contributed by atoms with Crippen LogP contribution in [0.1, 0.15) is 22.3 Å². The van der Waals surface area contributed by atoms with E-state index in [9.17, 15) is 8.42 Å². The molecule has 0 unspecified atom stereocenters. The molecule has 4 aromatic rings. The van der Waals surface area contributed by atoms with Gasteiger partial charge in [0.1, 0.15) is 0 Å². The van der Waals surface area contributed by atoms with E-state index in [-0.39, 0.29) is 22.2 Å². The third kappa shape index (κ3) is 7.76. The fourth-order valence-corrected chi connectivity index (χ4v) is 6.12. The summed E-state index contributed by atoms with van der Waals surface area (Å²) < 4.78 is 28.7. The maximum Gasteiger partial charge on any atom is 0.207 e. The Morgan fingerprint density at radius 3 is 1.16 bits per heavy atom. The summed E-state index contributed by atoms with van der Waals surface area (Å²) in [6, 6.07) is 36.9. The van der Waals surface area contributed by atoms with E-state index in [2.05, 4.69) is 0 Å². The minimum Gasteiger partial charge on any atom is -0.324 e. The number of benzene rings is 4. The van der Waals surface area contributed by atoms with Crippen molar-refractivity contribution < 1.29 is 8.42 Å². The Kier molecular flexibility index (Phi) is 10.6. The van der Waals surface area contributed by atoms with Crippen LogP contribution in [-0.2, 0) is 22.7 Å². The first kappa shape index (κ1) is 29.1. The number of halogens is 1. The van der Waals surface area contributed by atoms with E-state index in [0.717, 1.165) is 11.1 Å². The average molecular weight is 545 g/mol. The van der Waals surface area contributed by atoms with Crippen LogP contribution in [0.4, 0.5) is 0 Å². The van der Waals surface area contributed by atoms with Crippen LogP contribution in [0.3, 0.4) is 0 Å². The molecule has 0 saturated heterocycles. The summed E-state index contributed by atoms with van der Waals surface area (Å²) in [7, 11) is -3.98. The van der Waals surface area contributed by atoms with Crippen molar-refractivity contribution in [1.29, 1.82) is 0 Å². The standard InChI is InChI=1S/C32H32N2O2S.ClH/c33-29(21-25-13-5-1-6-14-25)23-31(27-17-9-3-10-18-27)37(35,36)32(28-19-11-4-12-20-28)24-30(34)22-26-15-7-2-8-16-26;/h1-20,23-24,29-30H,21-22,33-34H2;1H/t29-,30-;/m0./s1. The van der Waals surface area contributed by atoms with Gasteiger partial charge in [0.25, 0.3) is 0 Å². The summed E-state index contributed by atoms with van der Waals surface area (Å²) in [5.74, 6) is 0. The van der Waals surface area contributed by atoms with Crippen LogP contribution in [-0.4, -0.2) is 20.5 Å². The molecule has 4 N–H and O–H groups in total. The quantitative estimate of drug-likeness (QED) is 0.254. The van der Waals surface area contributed by atoms with E-state index in [1.165, 1.54) is 0 Å². The van der Waals surface area contributed by atoms with Crippen LogP contribution in [0.25, 0.3) is 9.81 Å². The van der Waals surface area contributed by atoms with Gasteiger partial charge in [-0.15, -0.1) is 12.4 Å². The van der Waals surface area contributed by atoms with Crippen molar-refractivity contribution in [3.05, 3.63) is 156 Å². The third-order valence-corrected chi connectivity index (χ3v) is 7.96. The molecule has 0 fully saturated rings. The SMILES string of the molecule is Cl.N[C@H](C=C(c1ccccc1)S(=O)(=O)C(=C[C@@H](N)Cc1ccccc1)c1ccccc1)Cc1ccccc1. The second-order valence-electron chi connectivity index (χ2n) is 9.00. The first-order valence-corrected chi connectivity index (χ1v) is 13.8. The predicted octanol–water partition coefficient (Wildman–Crippen LogP) is 6.05. The summed E-state index contributed by atoms with van der Waals surface area (Å²) in [5, 5.41) is 0. The highest BCUT2D eigenvalue weighted by Crippen LogP contribution is 2.34. The second kappa shape index (κ2) is 13.9. The van der Waals surface area contributed by atoms with E-state index in [1.54, 1.807) is 36.4 Å². The molecule has 0 saturated carbocycles. The van der Waals surface area contributed by atoms with Crippen LogP contribution in [0, 0.1) is 0 Å². The topological polar surface area (TPSA) is 86.2 Å². The molecular formula is C32H33ClN2O2S. The van der Waals surface area contributed by atoms with Crippen molar-refractivity contribution in [2.24, 2.45) is 11.5 Å². The molecule has 38 heavy (non-hydrogen) atoms. The summed E-state index contributed by atoms with van der Waals surface area (Å²) in [6.07, 6.45) is 4.36. The monoisotopic (exact) mass is 544 g/mol. The number of nitrogens with two attached hydrogens (primary N) is 2. The fraction of sp³-hybridized carbons (Fsp3) is 0.125. The summed E-state index contributed by atoms with van der Waals surface area (Å²) in [5.41, 5.74) is 16.3. The van der Waals surface area contributed by atoms with E-state index >= 15 is 0 Å². The molecule has 6 heteroatoms. The van der Waals surface area contributed by atoms with Crippen LogP contribution in [0.15, 0.2) is 133 Å². The van der Waals surface area contributed by atoms with Gasteiger partial charge in [0.15, 0.2) is 0 Å². The van der Waals surface area contributed by atoms with Crippen molar-refractivity contribution in [2.45, 2.75) is 24.9 Å². The Balaban J connectivity index is 0.00000400. The number of sulfone groups is 1. The Labute approximate surface area is 232 Å². The van der Waals surface area contributed by atoms with Gasteiger partial charge in [-0.1, -0.05) is 121 Å². The van der Waals surface area contributed by atoms with Crippen molar-refractivity contribution in [1.82, 2.24) is 0 Å².